The number of hydrogen-bond acceptors (Lipinski definition) is 7. The van der Waals surface area contributed by atoms with E-state index in [9.17, 15) is 24.0 Å². The zero-order chi connectivity index (χ0) is 30.2. The normalized spacial score (nSPS) is 22.1. The summed E-state index contributed by atoms with van der Waals surface area (Å²) in [5.74, 6) is -1.87. The van der Waals surface area contributed by atoms with E-state index in [2.05, 4.69) is 21.3 Å². The van der Waals surface area contributed by atoms with E-state index in [1.165, 1.54) is 0 Å². The lowest BCUT2D eigenvalue weighted by atomic mass is 9.84. The molecule has 4 aliphatic rings. The van der Waals surface area contributed by atoms with Crippen LogP contribution < -0.4 is 30.7 Å². The van der Waals surface area contributed by atoms with Crippen LogP contribution in [-0.4, -0.2) is 67.3 Å². The molecular weight excluding hydrogens is 552 g/mol. The molecular formula is C32H44N4O7. The number of hydrogen-bond donors (Lipinski definition) is 4. The molecule has 11 nitrogen and oxygen atoms in total. The van der Waals surface area contributed by atoms with Crippen molar-refractivity contribution in [1.29, 1.82) is 0 Å². The van der Waals surface area contributed by atoms with Crippen molar-refractivity contribution in [1.82, 2.24) is 21.3 Å². The third kappa shape index (κ3) is 8.26. The molecule has 4 N–H and O–H groups in total. The number of nitrogens with one attached hydrogen (secondary N) is 4. The van der Waals surface area contributed by atoms with Crippen molar-refractivity contribution in [3.8, 4) is 11.5 Å². The Balaban J connectivity index is 1.31. The van der Waals surface area contributed by atoms with Gasteiger partial charge in [0, 0.05) is 24.1 Å². The van der Waals surface area contributed by atoms with Crippen molar-refractivity contribution in [3.05, 3.63) is 23.8 Å². The van der Waals surface area contributed by atoms with Gasteiger partial charge in [-0.25, -0.2) is 0 Å². The van der Waals surface area contributed by atoms with Crippen LogP contribution in [0.5, 0.6) is 11.5 Å². The van der Waals surface area contributed by atoms with E-state index in [1.807, 2.05) is 0 Å². The van der Waals surface area contributed by atoms with Gasteiger partial charge in [-0.15, -0.1) is 0 Å². The van der Waals surface area contributed by atoms with Crippen LogP contribution in [0.4, 0.5) is 0 Å². The van der Waals surface area contributed by atoms with Crippen molar-refractivity contribution in [3.63, 3.8) is 0 Å². The maximum atomic E-state index is 13.8. The molecule has 1 aromatic rings. The fraction of sp³-hybridized carbons (Fsp3) is 0.656. The highest BCUT2D eigenvalue weighted by Crippen LogP contribution is 2.31. The minimum Gasteiger partial charge on any atom is -0.486 e. The maximum absolute atomic E-state index is 13.8. The van der Waals surface area contributed by atoms with Gasteiger partial charge >= 0.3 is 0 Å². The second-order valence-corrected chi connectivity index (χ2v) is 12.4. The number of ketones is 1. The number of benzene rings is 1. The topological polar surface area (TPSA) is 152 Å². The summed E-state index contributed by atoms with van der Waals surface area (Å²) in [6.07, 6.45) is 10.9. The summed E-state index contributed by atoms with van der Waals surface area (Å²) < 4.78 is 11.2. The first-order valence-electron chi connectivity index (χ1n) is 16.0. The van der Waals surface area contributed by atoms with Crippen molar-refractivity contribution in [2.45, 2.75) is 102 Å². The minimum absolute atomic E-state index is 0.0285. The molecule has 3 fully saturated rings. The summed E-state index contributed by atoms with van der Waals surface area (Å²) in [5.41, 5.74) is 0.327. The van der Waals surface area contributed by atoms with Gasteiger partial charge < -0.3 is 30.7 Å². The molecule has 0 spiro atoms. The zero-order valence-electron chi connectivity index (χ0n) is 24.8. The van der Waals surface area contributed by atoms with Gasteiger partial charge in [-0.1, -0.05) is 51.4 Å². The van der Waals surface area contributed by atoms with Gasteiger partial charge in [-0.05, 0) is 56.2 Å². The first kappa shape index (κ1) is 30.8. The average molecular weight is 597 g/mol. The number of Topliss-reactive ketones (excluding diaryl/α,β-unsaturated/α-hetero) is 1. The summed E-state index contributed by atoms with van der Waals surface area (Å²) in [4.78, 5) is 66.1. The fourth-order valence-corrected chi connectivity index (χ4v) is 6.73. The van der Waals surface area contributed by atoms with E-state index >= 15 is 0 Å². The Morgan fingerprint density at radius 2 is 1.51 bits per heavy atom. The lowest BCUT2D eigenvalue weighted by Gasteiger charge is -2.29. The number of fused-ring (bicyclic) bond motifs is 1. The Labute approximate surface area is 252 Å². The van der Waals surface area contributed by atoms with E-state index < -0.39 is 41.5 Å². The Kier molecular flexibility index (Phi) is 10.5. The van der Waals surface area contributed by atoms with E-state index in [4.69, 9.17) is 9.47 Å². The predicted molar refractivity (Wildman–Crippen MR) is 158 cm³/mol. The van der Waals surface area contributed by atoms with Crippen LogP contribution in [0.2, 0.25) is 0 Å². The van der Waals surface area contributed by atoms with E-state index in [1.54, 1.807) is 18.2 Å². The van der Waals surface area contributed by atoms with Gasteiger partial charge in [-0.2, -0.15) is 0 Å². The van der Waals surface area contributed by atoms with E-state index in [0.29, 0.717) is 49.7 Å². The Morgan fingerprint density at radius 3 is 2.21 bits per heavy atom. The van der Waals surface area contributed by atoms with Crippen LogP contribution in [0, 0.1) is 11.8 Å². The molecule has 43 heavy (non-hydrogen) atoms. The standard InChI is InChI=1S/C32H44N4O7/c37-28(32(41)34-23-9-5-2-6-10-23)24(18-22-13-14-33-29(22)38)35-31(40)25(17-20-7-3-1-4-8-20)36-30(39)21-11-12-26-27(19-21)43-16-15-42-26/h11-12,19-20,22-25H,1-10,13-18H2,(H,33,38)(H,34,41)(H,35,40)(H,36,39)/t22-,24-,25?/m1/s1. The minimum atomic E-state index is -1.18. The fourth-order valence-electron chi connectivity index (χ4n) is 6.73. The highest BCUT2D eigenvalue weighted by molar-refractivity contribution is 6.38. The second-order valence-electron chi connectivity index (χ2n) is 12.4. The zero-order valence-corrected chi connectivity index (χ0v) is 24.8. The van der Waals surface area contributed by atoms with E-state index in [-0.39, 0.29) is 24.3 Å². The van der Waals surface area contributed by atoms with Crippen LogP contribution in [0.3, 0.4) is 0 Å². The first-order chi connectivity index (χ1) is 20.9. The van der Waals surface area contributed by atoms with Gasteiger partial charge in [0.05, 0.1) is 6.04 Å². The molecule has 1 unspecified atom stereocenters. The van der Waals surface area contributed by atoms with Crippen molar-refractivity contribution in [2.75, 3.05) is 19.8 Å². The highest BCUT2D eigenvalue weighted by Gasteiger charge is 2.37. The first-order valence-corrected chi connectivity index (χ1v) is 16.0. The molecule has 3 atom stereocenters. The molecule has 1 saturated heterocycles. The maximum Gasteiger partial charge on any atom is 0.289 e. The predicted octanol–water partition coefficient (Wildman–Crippen LogP) is 2.56. The second kappa shape index (κ2) is 14.7. The molecule has 4 amide bonds. The van der Waals surface area contributed by atoms with Crippen LogP contribution in [0.1, 0.15) is 93.8 Å². The quantitative estimate of drug-likeness (QED) is 0.287. The molecule has 2 aliphatic heterocycles. The van der Waals surface area contributed by atoms with Crippen LogP contribution in [-0.2, 0) is 19.2 Å². The van der Waals surface area contributed by atoms with Gasteiger partial charge in [0.1, 0.15) is 19.3 Å². The van der Waals surface area contributed by atoms with Crippen molar-refractivity contribution < 1.29 is 33.4 Å². The number of ether oxygens (including phenoxy) is 2. The van der Waals surface area contributed by atoms with Crippen LogP contribution >= 0.6 is 0 Å². The van der Waals surface area contributed by atoms with Crippen LogP contribution in [0.15, 0.2) is 18.2 Å². The van der Waals surface area contributed by atoms with Gasteiger partial charge in [0.25, 0.3) is 11.8 Å². The smallest absolute Gasteiger partial charge is 0.289 e. The summed E-state index contributed by atoms with van der Waals surface area (Å²) in [7, 11) is 0. The third-order valence-corrected chi connectivity index (χ3v) is 9.20. The summed E-state index contributed by atoms with van der Waals surface area (Å²) in [6, 6.07) is 2.73. The summed E-state index contributed by atoms with van der Waals surface area (Å²) in [5, 5.41) is 11.3. The number of carbonyl (C=O) groups is 5. The lowest BCUT2D eigenvalue weighted by molar-refractivity contribution is -0.141. The third-order valence-electron chi connectivity index (χ3n) is 9.20. The monoisotopic (exact) mass is 596 g/mol. The molecule has 1 aromatic carbocycles. The SMILES string of the molecule is O=C(NC1CCCCC1)C(=O)[C@@H](C[C@H]1CCNC1=O)NC(=O)C(CC1CCCCC1)NC(=O)c1ccc2c(c1)OCCO2. The molecule has 11 heteroatoms. The lowest BCUT2D eigenvalue weighted by Crippen LogP contribution is -2.55. The van der Waals surface area contributed by atoms with Crippen LogP contribution in [0.25, 0.3) is 0 Å². The van der Waals surface area contributed by atoms with Crippen molar-refractivity contribution >= 4 is 29.4 Å². The number of carbonyl (C=O) groups excluding carboxylic acids is 5. The van der Waals surface area contributed by atoms with E-state index in [0.717, 1.165) is 64.2 Å². The van der Waals surface area contributed by atoms with Crippen molar-refractivity contribution in [2.24, 2.45) is 11.8 Å². The van der Waals surface area contributed by atoms with Gasteiger partial charge in [0.15, 0.2) is 11.5 Å². The Morgan fingerprint density at radius 1 is 0.814 bits per heavy atom. The molecule has 234 valence electrons. The highest BCUT2D eigenvalue weighted by atomic mass is 16.6. The number of rotatable bonds is 11. The average Bonchev–Trinajstić information content (AvgIpc) is 3.44. The molecule has 5 rings (SSSR count). The van der Waals surface area contributed by atoms with Gasteiger partial charge in [-0.3, -0.25) is 24.0 Å². The molecule has 0 aromatic heterocycles. The molecule has 0 bridgehead atoms. The van der Waals surface area contributed by atoms with Gasteiger partial charge in [0.2, 0.25) is 17.6 Å². The molecule has 2 saturated carbocycles. The molecule has 2 heterocycles. The molecule has 2 aliphatic carbocycles. The Hall–Kier alpha value is -3.63. The Bertz CT molecular complexity index is 1190. The summed E-state index contributed by atoms with van der Waals surface area (Å²) >= 11 is 0. The summed E-state index contributed by atoms with van der Waals surface area (Å²) in [6.45, 7) is 1.30. The largest absolute Gasteiger partial charge is 0.486 e. The number of amides is 4. The molecule has 0 radical (unpaired) electrons.